The van der Waals surface area contributed by atoms with E-state index in [0.717, 1.165) is 22.3 Å². The van der Waals surface area contributed by atoms with Gasteiger partial charge in [-0.15, -0.1) is 0 Å². The van der Waals surface area contributed by atoms with Crippen LogP contribution in [0, 0.1) is 13.8 Å². The lowest BCUT2D eigenvalue weighted by molar-refractivity contribution is -0.141. The third-order valence-corrected chi connectivity index (χ3v) is 7.94. The van der Waals surface area contributed by atoms with Gasteiger partial charge in [0.05, 0.1) is 11.9 Å². The SMILES string of the molecule is CCNC(=O)[C@@H](Cc1ccccc1)N(Cc1ccccc1)C(=O)CCCN(c1ccc(C)c(C)c1)S(C)(=O)=O. The van der Waals surface area contributed by atoms with Gasteiger partial charge in [0.25, 0.3) is 0 Å². The highest BCUT2D eigenvalue weighted by Crippen LogP contribution is 2.22. The predicted molar refractivity (Wildman–Crippen MR) is 157 cm³/mol. The van der Waals surface area contributed by atoms with Gasteiger partial charge >= 0.3 is 0 Å². The number of benzene rings is 3. The quantitative estimate of drug-likeness (QED) is 0.337. The van der Waals surface area contributed by atoms with Crippen LogP contribution in [0.15, 0.2) is 78.9 Å². The van der Waals surface area contributed by atoms with Crippen LogP contribution < -0.4 is 9.62 Å². The van der Waals surface area contributed by atoms with Gasteiger partial charge < -0.3 is 10.2 Å². The van der Waals surface area contributed by atoms with Gasteiger partial charge in [-0.25, -0.2) is 8.42 Å². The molecule has 0 aliphatic carbocycles. The number of hydrogen-bond acceptors (Lipinski definition) is 4. The van der Waals surface area contributed by atoms with Gasteiger partial charge in [0.2, 0.25) is 21.8 Å². The number of carbonyl (C=O) groups excluding carboxylic acids is 2. The molecule has 8 heteroatoms. The molecule has 0 heterocycles. The van der Waals surface area contributed by atoms with Gasteiger partial charge in [-0.2, -0.15) is 0 Å². The number of carbonyl (C=O) groups is 2. The molecule has 3 aromatic carbocycles. The van der Waals surface area contributed by atoms with E-state index in [9.17, 15) is 18.0 Å². The van der Waals surface area contributed by atoms with Crippen molar-refractivity contribution < 1.29 is 18.0 Å². The Labute approximate surface area is 232 Å². The van der Waals surface area contributed by atoms with Gasteiger partial charge in [0, 0.05) is 32.5 Å². The molecule has 2 amide bonds. The van der Waals surface area contributed by atoms with Crippen LogP contribution in [0.1, 0.15) is 42.0 Å². The second-order valence-corrected chi connectivity index (χ2v) is 11.7. The van der Waals surface area contributed by atoms with E-state index >= 15 is 0 Å². The van der Waals surface area contributed by atoms with Crippen LogP contribution in [0.5, 0.6) is 0 Å². The van der Waals surface area contributed by atoms with Crippen molar-refractivity contribution in [1.29, 1.82) is 0 Å². The highest BCUT2D eigenvalue weighted by Gasteiger charge is 2.30. The Morgan fingerprint density at radius 2 is 1.49 bits per heavy atom. The molecule has 1 N–H and O–H groups in total. The summed E-state index contributed by atoms with van der Waals surface area (Å²) in [5.74, 6) is -0.405. The van der Waals surface area contributed by atoms with E-state index in [-0.39, 0.29) is 31.3 Å². The largest absolute Gasteiger partial charge is 0.355 e. The number of sulfonamides is 1. The summed E-state index contributed by atoms with van der Waals surface area (Å²) in [7, 11) is -3.55. The Balaban J connectivity index is 1.84. The van der Waals surface area contributed by atoms with Crippen LogP contribution in [0.2, 0.25) is 0 Å². The summed E-state index contributed by atoms with van der Waals surface area (Å²) in [4.78, 5) is 28.6. The number of hydrogen-bond donors (Lipinski definition) is 1. The maximum absolute atomic E-state index is 13.7. The van der Waals surface area contributed by atoms with Crippen LogP contribution >= 0.6 is 0 Å². The zero-order chi connectivity index (χ0) is 28.4. The lowest BCUT2D eigenvalue weighted by Gasteiger charge is -2.32. The molecule has 0 unspecified atom stereocenters. The smallest absolute Gasteiger partial charge is 0.243 e. The van der Waals surface area contributed by atoms with Crippen molar-refractivity contribution >= 4 is 27.5 Å². The Kier molecular flexibility index (Phi) is 10.7. The predicted octanol–water partition coefficient (Wildman–Crippen LogP) is 4.63. The minimum Gasteiger partial charge on any atom is -0.355 e. The number of likely N-dealkylation sites (N-methyl/N-ethyl adjacent to an activating group) is 1. The Morgan fingerprint density at radius 1 is 0.872 bits per heavy atom. The summed E-state index contributed by atoms with van der Waals surface area (Å²) in [6, 6.07) is 24.1. The van der Waals surface area contributed by atoms with Crippen LogP contribution in [0.25, 0.3) is 0 Å². The molecule has 0 aromatic heterocycles. The summed E-state index contributed by atoms with van der Waals surface area (Å²) in [5, 5.41) is 2.89. The molecule has 39 heavy (non-hydrogen) atoms. The van der Waals surface area contributed by atoms with Gasteiger partial charge in [-0.3, -0.25) is 13.9 Å². The van der Waals surface area contributed by atoms with Crippen molar-refractivity contribution in [2.75, 3.05) is 23.7 Å². The molecule has 3 rings (SSSR count). The first-order chi connectivity index (χ1) is 18.6. The molecule has 0 radical (unpaired) electrons. The Bertz CT molecular complexity index is 1340. The number of nitrogens with one attached hydrogen (secondary N) is 1. The van der Waals surface area contributed by atoms with Crippen molar-refractivity contribution in [3.63, 3.8) is 0 Å². The molecule has 0 fully saturated rings. The van der Waals surface area contributed by atoms with E-state index < -0.39 is 16.1 Å². The van der Waals surface area contributed by atoms with E-state index in [1.807, 2.05) is 93.6 Å². The first-order valence-corrected chi connectivity index (χ1v) is 15.1. The monoisotopic (exact) mass is 549 g/mol. The molecule has 208 valence electrons. The maximum Gasteiger partial charge on any atom is 0.243 e. The number of amides is 2. The van der Waals surface area contributed by atoms with E-state index in [0.29, 0.717) is 25.1 Å². The zero-order valence-electron chi connectivity index (χ0n) is 23.3. The number of anilines is 1. The van der Waals surface area contributed by atoms with Crippen molar-refractivity contribution in [2.24, 2.45) is 0 Å². The third-order valence-electron chi connectivity index (χ3n) is 6.75. The van der Waals surface area contributed by atoms with Crippen molar-refractivity contribution in [3.05, 3.63) is 101 Å². The van der Waals surface area contributed by atoms with Crippen LogP contribution in [-0.4, -0.2) is 50.5 Å². The summed E-state index contributed by atoms with van der Waals surface area (Å²) < 4.78 is 26.6. The number of nitrogens with zero attached hydrogens (tertiary/aromatic N) is 2. The lowest BCUT2D eigenvalue weighted by Crippen LogP contribution is -2.50. The minimum absolute atomic E-state index is 0.106. The summed E-state index contributed by atoms with van der Waals surface area (Å²) >= 11 is 0. The summed E-state index contributed by atoms with van der Waals surface area (Å²) in [5.41, 5.74) is 4.53. The van der Waals surface area contributed by atoms with E-state index in [1.165, 1.54) is 10.6 Å². The molecule has 0 bridgehead atoms. The average molecular weight is 550 g/mol. The zero-order valence-corrected chi connectivity index (χ0v) is 24.1. The molecule has 3 aromatic rings. The molecular weight excluding hydrogens is 510 g/mol. The fourth-order valence-electron chi connectivity index (χ4n) is 4.51. The first-order valence-electron chi connectivity index (χ1n) is 13.3. The lowest BCUT2D eigenvalue weighted by atomic mass is 10.0. The highest BCUT2D eigenvalue weighted by atomic mass is 32.2. The topological polar surface area (TPSA) is 86.8 Å². The van der Waals surface area contributed by atoms with Crippen LogP contribution in [-0.2, 0) is 32.6 Å². The average Bonchev–Trinajstić information content (AvgIpc) is 2.91. The molecule has 0 aliphatic heterocycles. The minimum atomic E-state index is -3.55. The fourth-order valence-corrected chi connectivity index (χ4v) is 5.47. The number of rotatable bonds is 13. The van der Waals surface area contributed by atoms with E-state index in [2.05, 4.69) is 5.32 Å². The summed E-state index contributed by atoms with van der Waals surface area (Å²) in [6.45, 7) is 6.67. The van der Waals surface area contributed by atoms with Crippen LogP contribution in [0.3, 0.4) is 0 Å². The van der Waals surface area contributed by atoms with Crippen molar-refractivity contribution in [2.45, 2.75) is 52.6 Å². The maximum atomic E-state index is 13.7. The molecule has 0 saturated carbocycles. The van der Waals surface area contributed by atoms with E-state index in [4.69, 9.17) is 0 Å². The van der Waals surface area contributed by atoms with Crippen molar-refractivity contribution in [1.82, 2.24) is 10.2 Å². The van der Waals surface area contributed by atoms with Gasteiger partial charge in [0.1, 0.15) is 6.04 Å². The number of aryl methyl sites for hydroxylation is 2. The van der Waals surface area contributed by atoms with E-state index in [1.54, 1.807) is 11.0 Å². The third kappa shape index (κ3) is 8.68. The second-order valence-electron chi connectivity index (χ2n) is 9.81. The fraction of sp³-hybridized carbons (Fsp3) is 0.355. The van der Waals surface area contributed by atoms with Crippen molar-refractivity contribution in [3.8, 4) is 0 Å². The molecule has 1 atom stereocenters. The Hall–Kier alpha value is -3.65. The van der Waals surface area contributed by atoms with Crippen LogP contribution in [0.4, 0.5) is 5.69 Å². The normalized spacial score (nSPS) is 12.0. The standard InChI is InChI=1S/C31H39N3O4S/c1-5-32-31(36)29(22-26-13-8-6-9-14-26)33(23-27-15-10-7-11-16-27)30(35)17-12-20-34(39(4,37)38)28-19-18-24(2)25(3)21-28/h6-11,13-16,18-19,21,29H,5,12,17,20,22-23H2,1-4H3,(H,32,36)/t29-/m1/s1. The van der Waals surface area contributed by atoms with Gasteiger partial charge in [-0.05, 0) is 61.6 Å². The highest BCUT2D eigenvalue weighted by molar-refractivity contribution is 7.92. The molecule has 0 saturated heterocycles. The van der Waals surface area contributed by atoms with Gasteiger partial charge in [-0.1, -0.05) is 66.7 Å². The molecule has 0 aliphatic rings. The first kappa shape index (κ1) is 29.9. The molecule has 0 spiro atoms. The van der Waals surface area contributed by atoms with Gasteiger partial charge in [0.15, 0.2) is 0 Å². The second kappa shape index (κ2) is 13.9. The summed E-state index contributed by atoms with van der Waals surface area (Å²) in [6.07, 6.45) is 1.98. The molecule has 7 nitrogen and oxygen atoms in total. The molecular formula is C31H39N3O4S. The Morgan fingerprint density at radius 3 is 2.05 bits per heavy atom.